The molecule has 2 aromatic carbocycles. The molecule has 116 valence electrons. The van der Waals surface area contributed by atoms with E-state index in [1.807, 2.05) is 54.6 Å². The number of nitrogens with one attached hydrogen (secondary N) is 1. The van der Waals surface area contributed by atoms with Crippen LogP contribution in [0.1, 0.15) is 5.56 Å². The second kappa shape index (κ2) is 7.18. The van der Waals surface area contributed by atoms with Gasteiger partial charge in [-0.25, -0.2) is 4.99 Å². The van der Waals surface area contributed by atoms with Gasteiger partial charge in [-0.1, -0.05) is 24.3 Å². The second-order valence-electron chi connectivity index (χ2n) is 4.70. The topological polar surface area (TPSA) is 50.7 Å². The smallest absolute Gasteiger partial charge is 0.264 e. The summed E-state index contributed by atoms with van der Waals surface area (Å²) in [7, 11) is 1.61. The maximum Gasteiger partial charge on any atom is 0.264 e. The monoisotopic (exact) mass is 436 g/mol. The van der Waals surface area contributed by atoms with Crippen LogP contribution in [0, 0.1) is 3.57 Å². The number of halogens is 1. The fraction of sp³-hybridized carbons (Fsp3) is 0.0588. The van der Waals surface area contributed by atoms with E-state index < -0.39 is 0 Å². The van der Waals surface area contributed by atoms with E-state index in [2.05, 4.69) is 32.9 Å². The number of nitrogens with zero attached hydrogens (tertiary/aromatic N) is 1. The molecule has 0 aliphatic carbocycles. The molecule has 1 amide bonds. The molecular weight excluding hydrogens is 423 g/mol. The second-order valence-corrected chi connectivity index (χ2v) is 6.98. The number of para-hydroxylation sites is 1. The number of amidine groups is 1. The molecule has 0 radical (unpaired) electrons. The van der Waals surface area contributed by atoms with Gasteiger partial charge in [0.1, 0.15) is 5.75 Å². The number of hydrogen-bond donors (Lipinski definition) is 1. The Morgan fingerprint density at radius 2 is 2.04 bits per heavy atom. The minimum atomic E-state index is -0.148. The average molecular weight is 436 g/mol. The van der Waals surface area contributed by atoms with Crippen LogP contribution in [0.2, 0.25) is 0 Å². The quantitative estimate of drug-likeness (QED) is 0.580. The highest BCUT2D eigenvalue weighted by Crippen LogP contribution is 2.30. The fourth-order valence-electron chi connectivity index (χ4n) is 2.07. The lowest BCUT2D eigenvalue weighted by Crippen LogP contribution is -2.19. The molecule has 23 heavy (non-hydrogen) atoms. The van der Waals surface area contributed by atoms with Crippen LogP contribution in [0.25, 0.3) is 6.08 Å². The van der Waals surface area contributed by atoms with Crippen molar-refractivity contribution in [1.82, 2.24) is 5.32 Å². The Hall–Kier alpha value is -1.80. The number of ether oxygens (including phenoxy) is 1. The van der Waals surface area contributed by atoms with E-state index in [4.69, 9.17) is 4.74 Å². The third-order valence-electron chi connectivity index (χ3n) is 3.12. The molecule has 0 aromatic heterocycles. The van der Waals surface area contributed by atoms with Crippen LogP contribution in [0.4, 0.5) is 5.69 Å². The lowest BCUT2D eigenvalue weighted by Gasteiger charge is -2.03. The van der Waals surface area contributed by atoms with Crippen LogP contribution in [0.5, 0.6) is 5.75 Å². The minimum Gasteiger partial charge on any atom is -0.496 e. The Morgan fingerprint density at radius 1 is 1.22 bits per heavy atom. The molecule has 0 spiro atoms. The highest BCUT2D eigenvalue weighted by Gasteiger charge is 2.24. The van der Waals surface area contributed by atoms with Gasteiger partial charge < -0.3 is 10.1 Å². The van der Waals surface area contributed by atoms with Crippen molar-refractivity contribution in [3.63, 3.8) is 0 Å². The van der Waals surface area contributed by atoms with E-state index >= 15 is 0 Å². The molecular formula is C17H13IN2O2S. The van der Waals surface area contributed by atoms with Gasteiger partial charge in [0.2, 0.25) is 0 Å². The Bertz CT molecular complexity index is 818. The highest BCUT2D eigenvalue weighted by molar-refractivity contribution is 14.1. The molecule has 1 saturated heterocycles. The maximum absolute atomic E-state index is 12.1. The number of benzene rings is 2. The Balaban J connectivity index is 1.86. The summed E-state index contributed by atoms with van der Waals surface area (Å²) in [6.07, 6.45) is 1.82. The van der Waals surface area contributed by atoms with Crippen LogP contribution in [0.3, 0.4) is 0 Å². The van der Waals surface area contributed by atoms with Crippen molar-refractivity contribution < 1.29 is 9.53 Å². The number of thioether (sulfide) groups is 1. The van der Waals surface area contributed by atoms with Gasteiger partial charge in [0.15, 0.2) is 5.17 Å². The molecule has 0 saturated carbocycles. The minimum absolute atomic E-state index is 0.148. The van der Waals surface area contributed by atoms with E-state index in [-0.39, 0.29) is 5.91 Å². The number of amides is 1. The van der Waals surface area contributed by atoms with Gasteiger partial charge in [-0.3, -0.25) is 4.79 Å². The van der Waals surface area contributed by atoms with Gasteiger partial charge in [0, 0.05) is 9.13 Å². The summed E-state index contributed by atoms with van der Waals surface area (Å²) in [5.41, 5.74) is 1.68. The average Bonchev–Trinajstić information content (AvgIpc) is 2.87. The lowest BCUT2D eigenvalue weighted by molar-refractivity contribution is -0.115. The first-order chi connectivity index (χ1) is 11.2. The molecule has 0 atom stereocenters. The van der Waals surface area contributed by atoms with E-state index in [0.717, 1.165) is 20.6 Å². The zero-order chi connectivity index (χ0) is 16.2. The maximum atomic E-state index is 12.1. The van der Waals surface area contributed by atoms with E-state index in [0.29, 0.717) is 10.1 Å². The third-order valence-corrected chi connectivity index (χ3v) is 4.70. The molecule has 2 aromatic rings. The van der Waals surface area contributed by atoms with Gasteiger partial charge in [0.25, 0.3) is 5.91 Å². The lowest BCUT2D eigenvalue weighted by atomic mass is 10.2. The predicted molar refractivity (Wildman–Crippen MR) is 103 cm³/mol. The molecule has 1 heterocycles. The summed E-state index contributed by atoms with van der Waals surface area (Å²) in [6.45, 7) is 0. The van der Waals surface area contributed by atoms with Crippen LogP contribution in [0.15, 0.2) is 58.4 Å². The number of rotatable bonds is 3. The van der Waals surface area contributed by atoms with Crippen molar-refractivity contribution in [2.75, 3.05) is 7.11 Å². The summed E-state index contributed by atoms with van der Waals surface area (Å²) < 4.78 is 6.41. The van der Waals surface area contributed by atoms with E-state index in [9.17, 15) is 4.79 Å². The Labute approximate surface area is 152 Å². The standard InChI is InChI=1S/C17H13IN2O2S/c1-22-14-8-3-2-5-11(14)9-15-16(21)20-17(23-15)19-13-7-4-6-12(18)10-13/h2-10H,1H3,(H,19,20,21)/b15-9+. The van der Waals surface area contributed by atoms with Crippen LogP contribution in [-0.2, 0) is 4.79 Å². The number of methoxy groups -OCH3 is 1. The molecule has 6 heteroatoms. The van der Waals surface area contributed by atoms with Gasteiger partial charge in [-0.15, -0.1) is 0 Å². The van der Waals surface area contributed by atoms with Gasteiger partial charge in [-0.05, 0) is 64.7 Å². The SMILES string of the molecule is COc1ccccc1/C=C1/SC(=Nc2cccc(I)c2)NC1=O. The first-order valence-electron chi connectivity index (χ1n) is 6.84. The van der Waals surface area contributed by atoms with Crippen molar-refractivity contribution in [2.45, 2.75) is 0 Å². The normalized spacial score (nSPS) is 17.6. The van der Waals surface area contributed by atoms with E-state index in [1.165, 1.54) is 11.8 Å². The van der Waals surface area contributed by atoms with Crippen LogP contribution in [-0.4, -0.2) is 18.2 Å². The van der Waals surface area contributed by atoms with Crippen molar-refractivity contribution in [3.05, 3.63) is 62.6 Å². The third kappa shape index (κ3) is 3.94. The molecule has 1 N–H and O–H groups in total. The van der Waals surface area contributed by atoms with Crippen molar-refractivity contribution in [2.24, 2.45) is 4.99 Å². The number of aliphatic imine (C=N–C) groups is 1. The number of hydrogen-bond acceptors (Lipinski definition) is 4. The summed E-state index contributed by atoms with van der Waals surface area (Å²) >= 11 is 3.56. The summed E-state index contributed by atoms with van der Waals surface area (Å²) in [6, 6.07) is 15.4. The summed E-state index contributed by atoms with van der Waals surface area (Å²) in [5, 5.41) is 3.37. The summed E-state index contributed by atoms with van der Waals surface area (Å²) in [4.78, 5) is 17.2. The fourth-order valence-corrected chi connectivity index (χ4v) is 3.43. The van der Waals surface area contributed by atoms with Crippen molar-refractivity contribution >= 4 is 57.2 Å². The Morgan fingerprint density at radius 3 is 2.83 bits per heavy atom. The predicted octanol–water partition coefficient (Wildman–Crippen LogP) is 4.19. The first-order valence-corrected chi connectivity index (χ1v) is 8.73. The molecule has 1 aliphatic heterocycles. The summed E-state index contributed by atoms with van der Waals surface area (Å²) in [5.74, 6) is 0.585. The largest absolute Gasteiger partial charge is 0.496 e. The molecule has 3 rings (SSSR count). The van der Waals surface area contributed by atoms with Gasteiger partial charge in [0.05, 0.1) is 17.7 Å². The highest BCUT2D eigenvalue weighted by atomic mass is 127. The van der Waals surface area contributed by atoms with E-state index in [1.54, 1.807) is 7.11 Å². The first kappa shape index (κ1) is 16.1. The van der Waals surface area contributed by atoms with Gasteiger partial charge in [-0.2, -0.15) is 0 Å². The molecule has 0 bridgehead atoms. The van der Waals surface area contributed by atoms with Crippen molar-refractivity contribution in [1.29, 1.82) is 0 Å². The van der Waals surface area contributed by atoms with Gasteiger partial charge >= 0.3 is 0 Å². The zero-order valence-electron chi connectivity index (χ0n) is 12.2. The molecule has 1 fully saturated rings. The molecule has 0 unspecified atom stereocenters. The van der Waals surface area contributed by atoms with Crippen LogP contribution >= 0.6 is 34.4 Å². The number of carbonyl (C=O) groups is 1. The van der Waals surface area contributed by atoms with Crippen LogP contribution < -0.4 is 10.1 Å². The zero-order valence-corrected chi connectivity index (χ0v) is 15.2. The number of carbonyl (C=O) groups excluding carboxylic acids is 1. The molecule has 4 nitrogen and oxygen atoms in total. The molecule has 1 aliphatic rings. The van der Waals surface area contributed by atoms with Crippen molar-refractivity contribution in [3.8, 4) is 5.75 Å². The Kier molecular flexibility index (Phi) is 5.02.